The summed E-state index contributed by atoms with van der Waals surface area (Å²) in [6.07, 6.45) is 0. The number of rotatable bonds is 1. The summed E-state index contributed by atoms with van der Waals surface area (Å²) in [6.45, 7) is 0. The molecule has 0 aliphatic heterocycles. The smallest absolute Gasteiger partial charge is 0.151 e. The molecule has 0 saturated carbocycles. The first-order chi connectivity index (χ1) is 5.86. The molecular formula is C8H6Cl2N2S. The average Bonchev–Trinajstić information content (AvgIpc) is 2.58. The molecule has 13 heavy (non-hydrogen) atoms. The lowest BCUT2D eigenvalue weighted by atomic mass is 10.2. The number of nitrogens with zero attached hydrogens (tertiary/aromatic N) is 2. The maximum Gasteiger partial charge on any atom is 0.151 e. The minimum atomic E-state index is 0. The zero-order valence-electron chi connectivity index (χ0n) is 6.48. The van der Waals surface area contributed by atoms with Crippen molar-refractivity contribution in [1.82, 2.24) is 10.2 Å². The Hall–Kier alpha value is -0.640. The molecule has 0 aliphatic rings. The highest BCUT2D eigenvalue weighted by molar-refractivity contribution is 7.08. The van der Waals surface area contributed by atoms with Gasteiger partial charge in [0, 0.05) is 10.9 Å². The van der Waals surface area contributed by atoms with Gasteiger partial charge in [-0.15, -0.1) is 22.6 Å². The Kier molecular flexibility index (Phi) is 3.66. The van der Waals surface area contributed by atoms with Crippen molar-refractivity contribution < 1.29 is 0 Å². The Morgan fingerprint density at radius 3 is 2.54 bits per heavy atom. The van der Waals surface area contributed by atoms with Gasteiger partial charge in [0.05, 0.1) is 5.69 Å². The minimum absolute atomic E-state index is 0. The van der Waals surface area contributed by atoms with Crippen LogP contribution in [0.5, 0.6) is 0 Å². The average molecular weight is 233 g/mol. The third-order valence-corrected chi connectivity index (χ3v) is 2.33. The van der Waals surface area contributed by atoms with Crippen molar-refractivity contribution in [1.29, 1.82) is 0 Å². The quantitative estimate of drug-likeness (QED) is 0.755. The fourth-order valence-corrected chi connectivity index (χ4v) is 1.63. The van der Waals surface area contributed by atoms with E-state index in [1.54, 1.807) is 17.4 Å². The summed E-state index contributed by atoms with van der Waals surface area (Å²) in [5.74, 6) is 0. The fraction of sp³-hybridized carbons (Fsp3) is 0. The molecule has 0 aromatic carbocycles. The highest BCUT2D eigenvalue weighted by atomic mass is 35.5. The van der Waals surface area contributed by atoms with E-state index in [0.29, 0.717) is 5.15 Å². The van der Waals surface area contributed by atoms with Crippen LogP contribution in [0.4, 0.5) is 0 Å². The molecular weight excluding hydrogens is 227 g/mol. The summed E-state index contributed by atoms with van der Waals surface area (Å²) >= 11 is 7.24. The zero-order valence-corrected chi connectivity index (χ0v) is 8.86. The predicted octanol–water partition coefficient (Wildman–Crippen LogP) is 3.28. The molecule has 0 bridgehead atoms. The Morgan fingerprint density at radius 1 is 1.15 bits per heavy atom. The van der Waals surface area contributed by atoms with Gasteiger partial charge in [-0.1, -0.05) is 11.6 Å². The summed E-state index contributed by atoms with van der Waals surface area (Å²) in [7, 11) is 0. The van der Waals surface area contributed by atoms with Crippen LogP contribution in [0.15, 0.2) is 29.0 Å². The summed E-state index contributed by atoms with van der Waals surface area (Å²) < 4.78 is 0. The molecule has 0 aliphatic carbocycles. The molecule has 2 rings (SSSR count). The molecule has 0 unspecified atom stereocenters. The standard InChI is InChI=1S/C8H5ClN2S.ClH/c9-8-2-1-7(10-11-8)6-3-4-12-5-6;/h1-5H;1H. The van der Waals surface area contributed by atoms with Gasteiger partial charge in [0.1, 0.15) is 0 Å². The van der Waals surface area contributed by atoms with Crippen molar-refractivity contribution in [2.75, 3.05) is 0 Å². The lowest BCUT2D eigenvalue weighted by Crippen LogP contribution is -1.84. The first kappa shape index (κ1) is 10.4. The molecule has 2 aromatic rings. The molecule has 0 saturated heterocycles. The van der Waals surface area contributed by atoms with Crippen LogP contribution in [0.1, 0.15) is 0 Å². The number of aromatic nitrogens is 2. The van der Waals surface area contributed by atoms with Gasteiger partial charge < -0.3 is 0 Å². The summed E-state index contributed by atoms with van der Waals surface area (Å²) in [6, 6.07) is 5.60. The van der Waals surface area contributed by atoms with Crippen molar-refractivity contribution in [3.05, 3.63) is 34.1 Å². The van der Waals surface area contributed by atoms with E-state index in [9.17, 15) is 0 Å². The van der Waals surface area contributed by atoms with Gasteiger partial charge >= 0.3 is 0 Å². The maximum absolute atomic E-state index is 5.60. The number of hydrogen-bond acceptors (Lipinski definition) is 3. The molecule has 0 radical (unpaired) electrons. The third-order valence-electron chi connectivity index (χ3n) is 1.45. The first-order valence-corrected chi connectivity index (χ1v) is 4.70. The molecule has 0 spiro atoms. The molecule has 2 heterocycles. The maximum atomic E-state index is 5.60. The largest absolute Gasteiger partial charge is 0.152 e. The van der Waals surface area contributed by atoms with Crippen LogP contribution >= 0.6 is 35.3 Å². The Morgan fingerprint density at radius 2 is 2.00 bits per heavy atom. The van der Waals surface area contributed by atoms with E-state index in [-0.39, 0.29) is 12.4 Å². The highest BCUT2D eigenvalue weighted by Crippen LogP contribution is 2.19. The van der Waals surface area contributed by atoms with Crippen molar-refractivity contribution >= 4 is 35.3 Å². The second-order valence-corrected chi connectivity index (χ2v) is 3.42. The van der Waals surface area contributed by atoms with E-state index in [1.165, 1.54) is 0 Å². The molecule has 0 atom stereocenters. The van der Waals surface area contributed by atoms with Crippen LogP contribution < -0.4 is 0 Å². The van der Waals surface area contributed by atoms with Gasteiger partial charge in [-0.05, 0) is 23.6 Å². The van der Waals surface area contributed by atoms with E-state index < -0.39 is 0 Å². The molecule has 0 N–H and O–H groups in total. The van der Waals surface area contributed by atoms with Gasteiger partial charge in [0.15, 0.2) is 5.15 Å². The van der Waals surface area contributed by atoms with Crippen molar-refractivity contribution in [2.45, 2.75) is 0 Å². The van der Waals surface area contributed by atoms with Gasteiger partial charge in [-0.3, -0.25) is 0 Å². The third kappa shape index (κ3) is 2.40. The molecule has 2 nitrogen and oxygen atoms in total. The highest BCUT2D eigenvalue weighted by Gasteiger charge is 1.98. The Bertz CT molecular complexity index is 358. The van der Waals surface area contributed by atoms with E-state index in [0.717, 1.165) is 11.3 Å². The number of halogens is 2. The van der Waals surface area contributed by atoms with Crippen LogP contribution in [-0.4, -0.2) is 10.2 Å². The molecule has 68 valence electrons. The van der Waals surface area contributed by atoms with Crippen LogP contribution in [0.25, 0.3) is 11.3 Å². The van der Waals surface area contributed by atoms with Crippen LogP contribution in [-0.2, 0) is 0 Å². The van der Waals surface area contributed by atoms with Crippen LogP contribution in [0, 0.1) is 0 Å². The Labute approximate surface area is 91.0 Å². The Balaban J connectivity index is 0.000000845. The SMILES string of the molecule is Cl.Clc1ccc(-c2ccsc2)nn1. The number of thiophene rings is 1. The molecule has 2 aromatic heterocycles. The van der Waals surface area contributed by atoms with Gasteiger partial charge in [0.25, 0.3) is 0 Å². The minimum Gasteiger partial charge on any atom is -0.152 e. The monoisotopic (exact) mass is 232 g/mol. The second-order valence-electron chi connectivity index (χ2n) is 2.25. The predicted molar refractivity (Wildman–Crippen MR) is 57.6 cm³/mol. The zero-order chi connectivity index (χ0) is 8.39. The van der Waals surface area contributed by atoms with Gasteiger partial charge in [0.2, 0.25) is 0 Å². The van der Waals surface area contributed by atoms with Gasteiger partial charge in [-0.25, -0.2) is 0 Å². The van der Waals surface area contributed by atoms with Crippen molar-refractivity contribution in [3.63, 3.8) is 0 Å². The van der Waals surface area contributed by atoms with Crippen LogP contribution in [0.2, 0.25) is 5.15 Å². The van der Waals surface area contributed by atoms with Crippen LogP contribution in [0.3, 0.4) is 0 Å². The fourth-order valence-electron chi connectivity index (χ4n) is 0.880. The van der Waals surface area contributed by atoms with Gasteiger partial charge in [-0.2, -0.15) is 11.3 Å². The molecule has 5 heteroatoms. The van der Waals surface area contributed by atoms with E-state index in [2.05, 4.69) is 10.2 Å². The first-order valence-electron chi connectivity index (χ1n) is 3.38. The van der Waals surface area contributed by atoms with Crippen molar-refractivity contribution in [2.24, 2.45) is 0 Å². The van der Waals surface area contributed by atoms with E-state index in [1.807, 2.05) is 22.9 Å². The summed E-state index contributed by atoms with van der Waals surface area (Å²) in [5.41, 5.74) is 1.95. The summed E-state index contributed by atoms with van der Waals surface area (Å²) in [4.78, 5) is 0. The van der Waals surface area contributed by atoms with Crippen molar-refractivity contribution in [3.8, 4) is 11.3 Å². The molecule has 0 amide bonds. The lowest BCUT2D eigenvalue weighted by Gasteiger charge is -1.93. The number of hydrogen-bond donors (Lipinski definition) is 0. The second kappa shape index (κ2) is 4.56. The van der Waals surface area contributed by atoms with E-state index in [4.69, 9.17) is 11.6 Å². The lowest BCUT2D eigenvalue weighted by molar-refractivity contribution is 1.04. The summed E-state index contributed by atoms with van der Waals surface area (Å²) in [5, 5.41) is 12.2. The normalized spacial score (nSPS) is 9.31. The van der Waals surface area contributed by atoms with E-state index >= 15 is 0 Å². The topological polar surface area (TPSA) is 25.8 Å². The molecule has 0 fully saturated rings.